The van der Waals surface area contributed by atoms with E-state index in [4.69, 9.17) is 25.8 Å². The van der Waals surface area contributed by atoms with Gasteiger partial charge in [0.25, 0.3) is 11.8 Å². The molecular formula is C44H56ClN7O7S. The van der Waals surface area contributed by atoms with Gasteiger partial charge in [0.2, 0.25) is 5.88 Å². The number of anilines is 1. The molecule has 2 amide bonds. The number of halogens is 1. The average Bonchev–Trinajstić information content (AvgIpc) is 3.51. The third-order valence-corrected chi connectivity index (χ3v) is 15.2. The van der Waals surface area contributed by atoms with Crippen LogP contribution in [0.1, 0.15) is 70.9 Å². The number of ether oxygens (including phenoxy) is 3. The molecule has 3 aromatic rings. The smallest absolute Gasteiger partial charge is 0.320 e. The summed E-state index contributed by atoms with van der Waals surface area (Å²) < 4.78 is 41.5. The summed E-state index contributed by atoms with van der Waals surface area (Å²) in [6.45, 7) is 7.28. The van der Waals surface area contributed by atoms with Gasteiger partial charge < -0.3 is 24.0 Å². The predicted molar refractivity (Wildman–Crippen MR) is 230 cm³/mol. The number of esters is 1. The molecule has 14 nitrogen and oxygen atoms in total. The predicted octanol–water partition coefficient (Wildman–Crippen LogP) is 5.29. The number of carbonyl (C=O) groups is 3. The molecule has 60 heavy (non-hydrogen) atoms. The number of fused-ring (bicyclic) bond motifs is 4. The molecule has 2 aliphatic carbocycles. The maximum absolute atomic E-state index is 14.8. The molecule has 8 rings (SSSR count). The number of methoxy groups -OCH3 is 1. The molecule has 1 saturated carbocycles. The zero-order valence-corrected chi connectivity index (χ0v) is 36.5. The lowest BCUT2D eigenvalue weighted by molar-refractivity contribution is -0.153. The van der Waals surface area contributed by atoms with Crippen LogP contribution in [-0.2, 0) is 38.3 Å². The number of aromatic nitrogens is 2. The Hall–Kier alpha value is -4.44. The minimum atomic E-state index is -3.69. The second-order valence-electron chi connectivity index (χ2n) is 17.5. The molecule has 0 radical (unpaired) electrons. The van der Waals surface area contributed by atoms with E-state index < -0.39 is 27.8 Å². The van der Waals surface area contributed by atoms with E-state index in [1.54, 1.807) is 25.2 Å². The zero-order chi connectivity index (χ0) is 42.2. The van der Waals surface area contributed by atoms with Crippen molar-refractivity contribution in [2.75, 3.05) is 77.2 Å². The van der Waals surface area contributed by atoms with Gasteiger partial charge >= 0.3 is 5.97 Å². The van der Waals surface area contributed by atoms with Gasteiger partial charge in [-0.2, -0.15) is 0 Å². The minimum Gasteiger partial charge on any atom is -0.490 e. The molecule has 1 aromatic heterocycles. The van der Waals surface area contributed by atoms with Crippen LogP contribution in [0.3, 0.4) is 0 Å². The number of benzene rings is 2. The summed E-state index contributed by atoms with van der Waals surface area (Å²) in [5, 5.41) is 4.88. The van der Waals surface area contributed by atoms with Crippen LogP contribution in [-0.4, -0.2) is 120 Å². The van der Waals surface area contributed by atoms with Crippen LogP contribution in [0.5, 0.6) is 11.6 Å². The third-order valence-electron chi connectivity index (χ3n) is 12.9. The van der Waals surface area contributed by atoms with Crippen LogP contribution in [0, 0.1) is 17.8 Å². The Morgan fingerprint density at radius 3 is 2.68 bits per heavy atom. The van der Waals surface area contributed by atoms with Gasteiger partial charge in [0.05, 0.1) is 31.7 Å². The Bertz CT molecular complexity index is 2280. The molecule has 6 atom stereocenters. The highest BCUT2D eigenvalue weighted by atomic mass is 35.5. The molecule has 322 valence electrons. The van der Waals surface area contributed by atoms with E-state index in [1.165, 1.54) is 29.1 Å². The fraction of sp³-hybridized carbons (Fsp3) is 0.545. The number of piperazine rings is 1. The first-order valence-electron chi connectivity index (χ1n) is 21.1. The highest BCUT2D eigenvalue weighted by Gasteiger charge is 2.45. The fourth-order valence-electron chi connectivity index (χ4n) is 9.59. The monoisotopic (exact) mass is 861 g/mol. The van der Waals surface area contributed by atoms with E-state index >= 15 is 0 Å². The summed E-state index contributed by atoms with van der Waals surface area (Å²) in [6, 6.07) is 11.4. The number of nitrogens with one attached hydrogen (secondary N) is 1. The Kier molecular flexibility index (Phi) is 12.3. The first-order chi connectivity index (χ1) is 28.8. The largest absolute Gasteiger partial charge is 0.490 e. The molecule has 2 bridgehead atoms. The van der Waals surface area contributed by atoms with Crippen molar-refractivity contribution in [3.8, 4) is 11.6 Å². The normalized spacial score (nSPS) is 29.1. The summed E-state index contributed by atoms with van der Waals surface area (Å²) in [6.07, 6.45) is 10.1. The van der Waals surface area contributed by atoms with E-state index in [0.29, 0.717) is 36.9 Å². The molecule has 1 saturated heterocycles. The molecule has 16 heteroatoms. The van der Waals surface area contributed by atoms with Crippen molar-refractivity contribution in [1.82, 2.24) is 24.3 Å². The summed E-state index contributed by atoms with van der Waals surface area (Å²) in [5.41, 5.74) is 3.15. The molecule has 2 aromatic carbocycles. The SMILES string of the molecule is COc1nn(C)cc1C(=O)N[S@@]1(=O)=NC(=O)c2ccc3c(c2)N(C[C@@H]2CC[C@H]2[C@@H](OC(=O)CN2CCN(C)CC2)/C=C/C[C@H](C)C1)C[C@@]1(CCCc2cc(Cl)ccc21)CO3. The van der Waals surface area contributed by atoms with Gasteiger partial charge in [-0.1, -0.05) is 30.7 Å². The summed E-state index contributed by atoms with van der Waals surface area (Å²) >= 11 is 6.51. The first kappa shape index (κ1) is 42.3. The highest BCUT2D eigenvalue weighted by molar-refractivity contribution is 7.92. The van der Waals surface area contributed by atoms with Crippen molar-refractivity contribution >= 4 is 45.0 Å². The van der Waals surface area contributed by atoms with Crippen LogP contribution in [0.4, 0.5) is 5.69 Å². The molecule has 4 heterocycles. The number of hydrogen-bond acceptors (Lipinski definition) is 11. The Morgan fingerprint density at radius 2 is 1.92 bits per heavy atom. The van der Waals surface area contributed by atoms with Crippen molar-refractivity contribution in [2.24, 2.45) is 29.2 Å². The standard InChI is InChI=1S/C44H56ClN7O7S/c1-29-7-5-9-38(59-40(53)25-51-19-17-49(2)18-20-51)34-13-10-32(34)23-52-27-44(16-6-8-30-21-33(45)12-14-36(30)44)28-58-39-15-11-31(22-37(39)52)41(54)47-60(56,26-29)48-42(55)35-24-50(3)46-43(35)57-4/h5,9,11-12,14-15,21-22,24,29,32,34,38H,6-8,10,13,16-20,23,25-28H2,1-4H3,(H,47,48,54,55,56)/b9-5+/t29-,32-,34+,38-,44-,60-/m0/s1. The molecule has 1 spiro atoms. The van der Waals surface area contributed by atoms with Gasteiger partial charge in [-0.15, -0.1) is 9.46 Å². The van der Waals surface area contributed by atoms with E-state index in [-0.39, 0.29) is 58.4 Å². The van der Waals surface area contributed by atoms with Crippen LogP contribution in [0.25, 0.3) is 0 Å². The van der Waals surface area contributed by atoms with Crippen molar-refractivity contribution < 1.29 is 32.8 Å². The highest BCUT2D eigenvalue weighted by Crippen LogP contribution is 2.47. The number of allylic oxidation sites excluding steroid dienone is 1. The molecular weight excluding hydrogens is 806 g/mol. The maximum Gasteiger partial charge on any atom is 0.320 e. The number of rotatable bonds is 6. The van der Waals surface area contributed by atoms with Crippen molar-refractivity contribution in [2.45, 2.75) is 57.0 Å². The topological polar surface area (TPSA) is 148 Å². The number of likely N-dealkylation sites (N-methyl/N-ethyl adjacent to an activating group) is 1. The van der Waals surface area contributed by atoms with E-state index in [1.807, 2.05) is 25.1 Å². The lowest BCUT2D eigenvalue weighted by atomic mass is 9.68. The van der Waals surface area contributed by atoms with Crippen molar-refractivity contribution in [3.05, 3.63) is 82.0 Å². The van der Waals surface area contributed by atoms with Crippen LogP contribution < -0.4 is 19.1 Å². The van der Waals surface area contributed by atoms with Crippen molar-refractivity contribution in [3.63, 3.8) is 0 Å². The fourth-order valence-corrected chi connectivity index (χ4v) is 11.7. The van der Waals surface area contributed by atoms with Gasteiger partial charge in [-0.05, 0) is 105 Å². The Balaban J connectivity index is 1.17. The van der Waals surface area contributed by atoms with Gasteiger partial charge in [0, 0.05) is 74.4 Å². The molecule has 0 unspecified atom stereocenters. The lowest BCUT2D eigenvalue weighted by Gasteiger charge is -2.46. The van der Waals surface area contributed by atoms with Crippen LogP contribution in [0.2, 0.25) is 5.02 Å². The number of carbonyl (C=O) groups excluding carboxylic acids is 3. The molecule has 3 aliphatic heterocycles. The van der Waals surface area contributed by atoms with Gasteiger partial charge in [-0.25, -0.2) is 4.21 Å². The number of nitrogens with zero attached hydrogens (tertiary/aromatic N) is 6. The quantitative estimate of drug-likeness (QED) is 0.255. The van der Waals surface area contributed by atoms with E-state index in [2.05, 4.69) is 48.1 Å². The van der Waals surface area contributed by atoms with Gasteiger partial charge in [0.1, 0.15) is 27.3 Å². The Morgan fingerprint density at radius 1 is 1.10 bits per heavy atom. The summed E-state index contributed by atoms with van der Waals surface area (Å²) in [7, 11) is 1.44. The lowest BCUT2D eigenvalue weighted by Crippen LogP contribution is -2.50. The second-order valence-corrected chi connectivity index (χ2v) is 19.9. The van der Waals surface area contributed by atoms with E-state index in [9.17, 15) is 18.6 Å². The Labute approximate surface area is 357 Å². The maximum atomic E-state index is 14.8. The summed E-state index contributed by atoms with van der Waals surface area (Å²) in [5.74, 6) is -1.10. The average molecular weight is 862 g/mol. The van der Waals surface area contributed by atoms with Crippen LogP contribution >= 0.6 is 11.6 Å². The molecule has 5 aliphatic rings. The minimum absolute atomic E-state index is 0.0586. The molecule has 2 fully saturated rings. The summed E-state index contributed by atoms with van der Waals surface area (Å²) in [4.78, 5) is 48.3. The third kappa shape index (κ3) is 9.09. The van der Waals surface area contributed by atoms with Gasteiger partial charge in [0.15, 0.2) is 0 Å². The van der Waals surface area contributed by atoms with Crippen LogP contribution in [0.15, 0.2) is 59.1 Å². The van der Waals surface area contributed by atoms with E-state index in [0.717, 1.165) is 64.0 Å². The number of aryl methyl sites for hydroxylation is 2. The second kappa shape index (κ2) is 17.5. The van der Waals surface area contributed by atoms with Gasteiger partial charge in [-0.3, -0.25) is 28.7 Å². The number of amides is 2. The first-order valence-corrected chi connectivity index (χ1v) is 23.1. The number of hydrogen-bond donors (Lipinski definition) is 1. The van der Waals surface area contributed by atoms with Crippen molar-refractivity contribution in [1.29, 1.82) is 0 Å². The molecule has 1 N–H and O–H groups in total. The zero-order valence-electron chi connectivity index (χ0n) is 34.9.